The van der Waals surface area contributed by atoms with Crippen LogP contribution in [0, 0.1) is 5.92 Å². The Morgan fingerprint density at radius 2 is 2.53 bits per heavy atom. The van der Waals surface area contributed by atoms with E-state index in [4.69, 9.17) is 4.74 Å². The smallest absolute Gasteiger partial charge is 0.254 e. The number of hydrogen-bond acceptors (Lipinski definition) is 3. The summed E-state index contributed by atoms with van der Waals surface area (Å²) < 4.78 is 5.87. The number of amides is 1. The van der Waals surface area contributed by atoms with Crippen molar-refractivity contribution in [3.05, 3.63) is 28.5 Å². The summed E-state index contributed by atoms with van der Waals surface area (Å²) in [5, 5.41) is 2.90. The number of ether oxygens (including phenoxy) is 1. The molecule has 1 N–H and O–H groups in total. The van der Waals surface area contributed by atoms with Crippen molar-refractivity contribution < 1.29 is 9.53 Å². The molecule has 0 saturated carbocycles. The van der Waals surface area contributed by atoms with Crippen molar-refractivity contribution in [2.24, 2.45) is 5.92 Å². The van der Waals surface area contributed by atoms with E-state index in [9.17, 15) is 4.79 Å². The summed E-state index contributed by atoms with van der Waals surface area (Å²) in [7, 11) is 0. The molecule has 17 heavy (non-hydrogen) atoms. The van der Waals surface area contributed by atoms with Gasteiger partial charge in [0, 0.05) is 26.0 Å². The second-order valence-corrected chi connectivity index (χ2v) is 4.87. The number of nitrogens with zero attached hydrogens (tertiary/aromatic N) is 1. The SMILES string of the molecule is O=C(NCCC1CCOC1)c1cccnc1Br. The lowest BCUT2D eigenvalue weighted by molar-refractivity contribution is 0.0949. The van der Waals surface area contributed by atoms with Crippen LogP contribution in [0.4, 0.5) is 0 Å². The molecule has 1 aliphatic heterocycles. The van der Waals surface area contributed by atoms with Crippen LogP contribution in [0.15, 0.2) is 22.9 Å². The molecule has 0 radical (unpaired) electrons. The monoisotopic (exact) mass is 298 g/mol. The molecule has 1 fully saturated rings. The number of halogens is 1. The van der Waals surface area contributed by atoms with Gasteiger partial charge in [-0.2, -0.15) is 0 Å². The molecule has 1 unspecified atom stereocenters. The predicted octanol–water partition coefficient (Wildman–Crippen LogP) is 2.00. The van der Waals surface area contributed by atoms with Gasteiger partial charge >= 0.3 is 0 Å². The number of pyridine rings is 1. The van der Waals surface area contributed by atoms with Gasteiger partial charge in [0.2, 0.25) is 0 Å². The summed E-state index contributed by atoms with van der Waals surface area (Å²) in [5.74, 6) is 0.511. The van der Waals surface area contributed by atoms with Gasteiger partial charge < -0.3 is 10.1 Å². The highest BCUT2D eigenvalue weighted by Crippen LogP contribution is 2.16. The maximum atomic E-state index is 11.8. The van der Waals surface area contributed by atoms with Crippen molar-refractivity contribution in [2.45, 2.75) is 12.8 Å². The number of rotatable bonds is 4. The topological polar surface area (TPSA) is 51.2 Å². The largest absolute Gasteiger partial charge is 0.381 e. The van der Waals surface area contributed by atoms with Gasteiger partial charge in [-0.1, -0.05) is 0 Å². The second kappa shape index (κ2) is 6.12. The van der Waals surface area contributed by atoms with Crippen LogP contribution in [0.3, 0.4) is 0 Å². The molecule has 2 heterocycles. The van der Waals surface area contributed by atoms with E-state index in [2.05, 4.69) is 26.2 Å². The van der Waals surface area contributed by atoms with Gasteiger partial charge in [0.25, 0.3) is 5.91 Å². The molecule has 1 aromatic heterocycles. The third-order valence-corrected chi connectivity index (χ3v) is 3.50. The molecule has 5 heteroatoms. The molecule has 92 valence electrons. The van der Waals surface area contributed by atoms with Crippen LogP contribution < -0.4 is 5.32 Å². The van der Waals surface area contributed by atoms with Crippen molar-refractivity contribution in [1.82, 2.24) is 10.3 Å². The Bertz CT molecular complexity index is 392. The van der Waals surface area contributed by atoms with Crippen molar-refractivity contribution in [3.63, 3.8) is 0 Å². The van der Waals surface area contributed by atoms with Gasteiger partial charge in [0.1, 0.15) is 4.60 Å². The molecule has 0 spiro atoms. The van der Waals surface area contributed by atoms with E-state index in [1.807, 2.05) is 0 Å². The molecule has 0 bridgehead atoms. The van der Waals surface area contributed by atoms with E-state index in [0.29, 0.717) is 22.6 Å². The van der Waals surface area contributed by atoms with E-state index in [1.165, 1.54) is 0 Å². The van der Waals surface area contributed by atoms with Crippen molar-refractivity contribution in [1.29, 1.82) is 0 Å². The number of carbonyl (C=O) groups excluding carboxylic acids is 1. The molecule has 1 aromatic rings. The summed E-state index contributed by atoms with van der Waals surface area (Å²) in [5.41, 5.74) is 0.579. The van der Waals surface area contributed by atoms with E-state index in [-0.39, 0.29) is 5.91 Å². The number of hydrogen-bond donors (Lipinski definition) is 1. The first-order valence-corrected chi connectivity index (χ1v) is 6.53. The number of carbonyl (C=O) groups is 1. The maximum Gasteiger partial charge on any atom is 0.254 e. The summed E-state index contributed by atoms with van der Waals surface area (Å²) in [6.07, 6.45) is 3.73. The standard InChI is InChI=1S/C12H15BrN2O2/c13-11-10(2-1-5-14-11)12(16)15-6-3-9-4-7-17-8-9/h1-2,5,9H,3-4,6-8H2,(H,15,16). The minimum Gasteiger partial charge on any atom is -0.381 e. The molecule has 0 aliphatic carbocycles. The van der Waals surface area contributed by atoms with Crippen LogP contribution in [0.1, 0.15) is 23.2 Å². The Balaban J connectivity index is 1.79. The summed E-state index contributed by atoms with van der Waals surface area (Å²) >= 11 is 3.26. The Morgan fingerprint density at radius 3 is 3.24 bits per heavy atom. The van der Waals surface area contributed by atoms with Crippen LogP contribution in [0.5, 0.6) is 0 Å². The zero-order valence-corrected chi connectivity index (χ0v) is 11.1. The molecular weight excluding hydrogens is 284 g/mol. The lowest BCUT2D eigenvalue weighted by atomic mass is 10.1. The lowest BCUT2D eigenvalue weighted by Crippen LogP contribution is -2.26. The third kappa shape index (κ3) is 3.51. The van der Waals surface area contributed by atoms with E-state index in [0.717, 1.165) is 26.1 Å². The first-order chi connectivity index (χ1) is 8.27. The molecular formula is C12H15BrN2O2. The fourth-order valence-corrected chi connectivity index (χ4v) is 2.28. The Labute approximate surface area is 109 Å². The molecule has 2 rings (SSSR count). The van der Waals surface area contributed by atoms with Crippen molar-refractivity contribution in [3.8, 4) is 0 Å². The highest BCUT2D eigenvalue weighted by atomic mass is 79.9. The van der Waals surface area contributed by atoms with E-state index in [1.54, 1.807) is 18.3 Å². The molecule has 1 saturated heterocycles. The van der Waals surface area contributed by atoms with Crippen LogP contribution >= 0.6 is 15.9 Å². The van der Waals surface area contributed by atoms with Crippen LogP contribution in [0.25, 0.3) is 0 Å². The van der Waals surface area contributed by atoms with Crippen LogP contribution in [-0.4, -0.2) is 30.6 Å². The number of aromatic nitrogens is 1. The fourth-order valence-electron chi connectivity index (χ4n) is 1.85. The highest BCUT2D eigenvalue weighted by Gasteiger charge is 2.16. The minimum absolute atomic E-state index is 0.0797. The van der Waals surface area contributed by atoms with Crippen molar-refractivity contribution >= 4 is 21.8 Å². The van der Waals surface area contributed by atoms with Gasteiger partial charge in [-0.25, -0.2) is 4.98 Å². The van der Waals surface area contributed by atoms with Gasteiger partial charge in [-0.15, -0.1) is 0 Å². The first-order valence-electron chi connectivity index (χ1n) is 5.74. The first kappa shape index (κ1) is 12.5. The quantitative estimate of drug-likeness (QED) is 0.865. The fraction of sp³-hybridized carbons (Fsp3) is 0.500. The van der Waals surface area contributed by atoms with E-state index < -0.39 is 0 Å². The zero-order chi connectivity index (χ0) is 12.1. The molecule has 4 nitrogen and oxygen atoms in total. The van der Waals surface area contributed by atoms with Gasteiger partial charge in [0.05, 0.1) is 5.56 Å². The predicted molar refractivity (Wildman–Crippen MR) is 67.8 cm³/mol. The lowest BCUT2D eigenvalue weighted by Gasteiger charge is -2.09. The second-order valence-electron chi connectivity index (χ2n) is 4.12. The van der Waals surface area contributed by atoms with Gasteiger partial charge in [-0.05, 0) is 46.8 Å². The molecule has 0 aromatic carbocycles. The molecule has 1 amide bonds. The summed E-state index contributed by atoms with van der Waals surface area (Å²) in [4.78, 5) is 15.8. The van der Waals surface area contributed by atoms with Crippen LogP contribution in [-0.2, 0) is 4.74 Å². The Hall–Kier alpha value is -0.940. The normalized spacial score (nSPS) is 19.2. The van der Waals surface area contributed by atoms with Gasteiger partial charge in [-0.3, -0.25) is 4.79 Å². The Morgan fingerprint density at radius 1 is 1.65 bits per heavy atom. The van der Waals surface area contributed by atoms with Crippen molar-refractivity contribution in [2.75, 3.05) is 19.8 Å². The Kier molecular flexibility index (Phi) is 4.50. The van der Waals surface area contributed by atoms with E-state index >= 15 is 0 Å². The highest BCUT2D eigenvalue weighted by molar-refractivity contribution is 9.10. The average Bonchev–Trinajstić information content (AvgIpc) is 2.82. The maximum absolute atomic E-state index is 11.8. The average molecular weight is 299 g/mol. The third-order valence-electron chi connectivity index (χ3n) is 2.87. The molecule has 1 atom stereocenters. The van der Waals surface area contributed by atoms with Crippen LogP contribution in [0.2, 0.25) is 0 Å². The number of nitrogens with one attached hydrogen (secondary N) is 1. The summed E-state index contributed by atoms with van der Waals surface area (Å²) in [6.45, 7) is 2.37. The zero-order valence-electron chi connectivity index (χ0n) is 9.49. The van der Waals surface area contributed by atoms with Gasteiger partial charge in [0.15, 0.2) is 0 Å². The molecule has 1 aliphatic rings. The minimum atomic E-state index is -0.0797. The summed E-state index contributed by atoms with van der Waals surface area (Å²) in [6, 6.07) is 3.51.